The molecule has 0 bridgehead atoms. The lowest BCUT2D eigenvalue weighted by Gasteiger charge is -2.47. The van der Waals surface area contributed by atoms with Gasteiger partial charge in [-0.05, 0) is 62.3 Å². The molecule has 3 fully saturated rings. The molecular formula is C44H57N3O13S. The predicted molar refractivity (Wildman–Crippen MR) is 224 cm³/mol. The minimum absolute atomic E-state index is 0.0225. The molecule has 1 amide bonds. The van der Waals surface area contributed by atoms with Gasteiger partial charge in [-0.3, -0.25) is 19.9 Å². The molecule has 0 aromatic heterocycles. The van der Waals surface area contributed by atoms with Crippen LogP contribution in [0.5, 0.6) is 0 Å². The summed E-state index contributed by atoms with van der Waals surface area (Å²) in [6, 6.07) is 20.8. The number of ether oxygens (including phenoxy) is 7. The van der Waals surface area contributed by atoms with Gasteiger partial charge in [0.05, 0.1) is 65.5 Å². The molecule has 61 heavy (non-hydrogen) atoms. The zero-order valence-corrected chi connectivity index (χ0v) is 36.1. The highest BCUT2D eigenvalue weighted by Crippen LogP contribution is 2.45. The molecule has 4 aliphatic rings. The number of nitro benzene ring substituents is 1. The van der Waals surface area contributed by atoms with Gasteiger partial charge in [0.2, 0.25) is 0 Å². The number of nitro groups is 1. The average molecular weight is 868 g/mol. The summed E-state index contributed by atoms with van der Waals surface area (Å²) < 4.78 is 43.2. The summed E-state index contributed by atoms with van der Waals surface area (Å²) in [6.45, 7) is 7.36. The van der Waals surface area contributed by atoms with E-state index in [1.165, 1.54) is 17.8 Å². The second-order valence-corrected chi connectivity index (χ2v) is 17.2. The second kappa shape index (κ2) is 20.2. The number of methoxy groups -OCH3 is 1. The topological polar surface area (TPSA) is 190 Å². The SMILES string of the molecule is CO[C@H]1C[C@H](O[C@H]2[C@H](OCc3ccccc3[N+](=O)[O-])O[C@H](C)[C@@H](NO[C@H]3C[C@H](O)[C@H](SC)[C@@H](C)O3)[C@H]2O)OC[C@@H]1N(C(=O)OCC1c2ccccc2-c2ccccc21)C(C)C. The maximum absolute atomic E-state index is 14.0. The number of carbonyl (C=O) groups excluding carboxylic acids is 1. The number of benzene rings is 3. The third kappa shape index (κ3) is 9.92. The monoisotopic (exact) mass is 867 g/mol. The summed E-state index contributed by atoms with van der Waals surface area (Å²) in [7, 11) is 1.55. The molecule has 3 heterocycles. The van der Waals surface area contributed by atoms with Crippen LogP contribution in [0.25, 0.3) is 11.1 Å². The summed E-state index contributed by atoms with van der Waals surface area (Å²) in [5, 5.41) is 34.3. The van der Waals surface area contributed by atoms with Gasteiger partial charge in [0.25, 0.3) is 5.69 Å². The van der Waals surface area contributed by atoms with E-state index in [0.29, 0.717) is 5.56 Å². The van der Waals surface area contributed by atoms with Gasteiger partial charge in [0.1, 0.15) is 18.8 Å². The van der Waals surface area contributed by atoms with Crippen LogP contribution in [-0.2, 0) is 44.6 Å². The third-order valence-electron chi connectivity index (χ3n) is 12.0. The van der Waals surface area contributed by atoms with E-state index in [2.05, 4.69) is 29.7 Å². The number of thioether (sulfide) groups is 1. The van der Waals surface area contributed by atoms with Gasteiger partial charge in [-0.25, -0.2) is 4.79 Å². The van der Waals surface area contributed by atoms with Crippen LogP contribution < -0.4 is 5.48 Å². The Hall–Kier alpha value is -3.72. The third-order valence-corrected chi connectivity index (χ3v) is 13.3. The molecule has 3 aromatic carbocycles. The molecule has 12 atom stereocenters. The van der Waals surface area contributed by atoms with E-state index in [9.17, 15) is 25.1 Å². The van der Waals surface area contributed by atoms with Crippen molar-refractivity contribution in [1.82, 2.24) is 10.4 Å². The number of hydrogen-bond donors (Lipinski definition) is 3. The lowest BCUT2D eigenvalue weighted by Crippen LogP contribution is -2.65. The lowest BCUT2D eigenvalue weighted by atomic mass is 9.97. The highest BCUT2D eigenvalue weighted by Gasteiger charge is 2.49. The Morgan fingerprint density at radius 1 is 0.967 bits per heavy atom. The van der Waals surface area contributed by atoms with E-state index < -0.39 is 72.5 Å². The van der Waals surface area contributed by atoms with Gasteiger partial charge in [-0.2, -0.15) is 17.2 Å². The van der Waals surface area contributed by atoms with Crippen molar-refractivity contribution in [2.45, 2.75) is 132 Å². The minimum atomic E-state index is -1.32. The van der Waals surface area contributed by atoms with Crippen molar-refractivity contribution >= 4 is 23.5 Å². The van der Waals surface area contributed by atoms with Crippen LogP contribution in [0.1, 0.15) is 63.1 Å². The fourth-order valence-corrected chi connectivity index (χ4v) is 9.82. The smallest absolute Gasteiger partial charge is 0.410 e. The lowest BCUT2D eigenvalue weighted by molar-refractivity contribution is -0.386. The molecule has 0 spiro atoms. The molecule has 16 nitrogen and oxygen atoms in total. The fourth-order valence-electron chi connectivity index (χ4n) is 8.95. The molecule has 3 aliphatic heterocycles. The van der Waals surface area contributed by atoms with Crippen LogP contribution in [0.15, 0.2) is 72.8 Å². The Balaban J connectivity index is 1.04. The van der Waals surface area contributed by atoms with E-state index in [1.54, 1.807) is 37.1 Å². The maximum atomic E-state index is 14.0. The number of nitrogens with one attached hydrogen (secondary N) is 1. The number of hydroxylamine groups is 1. The number of rotatable bonds is 15. The van der Waals surface area contributed by atoms with E-state index in [4.69, 9.17) is 38.0 Å². The molecule has 0 unspecified atom stereocenters. The molecule has 3 N–H and O–H groups in total. The van der Waals surface area contributed by atoms with Crippen LogP contribution >= 0.6 is 11.8 Å². The van der Waals surface area contributed by atoms with E-state index in [1.807, 2.05) is 51.3 Å². The Bertz CT molecular complexity index is 1900. The van der Waals surface area contributed by atoms with Crippen molar-refractivity contribution in [1.29, 1.82) is 0 Å². The van der Waals surface area contributed by atoms with Gasteiger partial charge < -0.3 is 43.4 Å². The summed E-state index contributed by atoms with van der Waals surface area (Å²) in [5.41, 5.74) is 7.57. The quantitative estimate of drug-likeness (QED) is 0.128. The number of nitrogens with zero attached hydrogens (tertiary/aromatic N) is 2. The van der Waals surface area contributed by atoms with Gasteiger partial charge >= 0.3 is 6.09 Å². The van der Waals surface area contributed by atoms with Crippen molar-refractivity contribution in [3.63, 3.8) is 0 Å². The van der Waals surface area contributed by atoms with Crippen molar-refractivity contribution < 1.29 is 57.9 Å². The first-order valence-corrected chi connectivity index (χ1v) is 22.1. The van der Waals surface area contributed by atoms with Crippen molar-refractivity contribution in [3.05, 3.63) is 99.6 Å². The van der Waals surface area contributed by atoms with Crippen LogP contribution in [0.2, 0.25) is 0 Å². The highest BCUT2D eigenvalue weighted by atomic mass is 32.2. The number of aliphatic hydroxyl groups is 2. The molecule has 3 saturated heterocycles. The normalized spacial score (nSPS) is 31.4. The van der Waals surface area contributed by atoms with Crippen LogP contribution in [0.3, 0.4) is 0 Å². The fraction of sp³-hybridized carbons (Fsp3) is 0.568. The first kappa shape index (κ1) is 45.3. The van der Waals surface area contributed by atoms with E-state index in [-0.39, 0.29) is 61.7 Å². The summed E-state index contributed by atoms with van der Waals surface area (Å²) >= 11 is 1.52. The summed E-state index contributed by atoms with van der Waals surface area (Å²) in [4.78, 5) is 32.8. The van der Waals surface area contributed by atoms with Crippen molar-refractivity contribution in [2.24, 2.45) is 0 Å². The molecular weight excluding hydrogens is 811 g/mol. The molecule has 3 aromatic rings. The van der Waals surface area contributed by atoms with Gasteiger partial charge in [-0.1, -0.05) is 60.7 Å². The number of fused-ring (bicyclic) bond motifs is 3. The van der Waals surface area contributed by atoms with Crippen LogP contribution in [0.4, 0.5) is 10.5 Å². The minimum Gasteiger partial charge on any atom is -0.448 e. The number of para-hydroxylation sites is 1. The maximum Gasteiger partial charge on any atom is 0.410 e. The predicted octanol–water partition coefficient (Wildman–Crippen LogP) is 5.51. The molecule has 0 radical (unpaired) electrons. The van der Waals surface area contributed by atoms with Crippen molar-refractivity contribution in [3.8, 4) is 11.1 Å². The van der Waals surface area contributed by atoms with Gasteiger partial charge in [0, 0.05) is 38.0 Å². The molecule has 17 heteroatoms. The van der Waals surface area contributed by atoms with E-state index in [0.717, 1.165) is 22.3 Å². The molecule has 332 valence electrons. The first-order valence-electron chi connectivity index (χ1n) is 20.8. The van der Waals surface area contributed by atoms with Gasteiger partial charge in [0.15, 0.2) is 18.9 Å². The van der Waals surface area contributed by atoms with Crippen LogP contribution in [0, 0.1) is 10.1 Å². The van der Waals surface area contributed by atoms with Gasteiger partial charge in [-0.15, -0.1) is 0 Å². The Kier molecular flexibility index (Phi) is 15.0. The number of hydrogen-bond acceptors (Lipinski definition) is 15. The highest BCUT2D eigenvalue weighted by molar-refractivity contribution is 7.99. The molecule has 7 rings (SSSR count). The van der Waals surface area contributed by atoms with E-state index >= 15 is 0 Å². The van der Waals surface area contributed by atoms with Crippen LogP contribution in [-0.4, -0.2) is 132 Å². The average Bonchev–Trinajstić information content (AvgIpc) is 3.56. The number of amides is 1. The largest absolute Gasteiger partial charge is 0.448 e. The van der Waals surface area contributed by atoms with Crippen molar-refractivity contribution in [2.75, 3.05) is 26.6 Å². The second-order valence-electron chi connectivity index (χ2n) is 16.2. The zero-order valence-electron chi connectivity index (χ0n) is 35.2. The zero-order chi connectivity index (χ0) is 43.4. The number of carbonyl (C=O) groups is 1. The standard InChI is InChI=1S/C44H57N3O13S/c1-24(2)46(44(50)56-22-32-30-16-10-8-14-28(30)29-15-9-11-17-31(29)32)34-23-54-37(20-36(34)53-5)59-41-40(49)39(45-60-38-19-35(48)42(61-6)26(4)57-38)25(3)58-43(41)55-21-27-13-7-12-18-33(27)47(51)52/h7-18,24-26,32,34-43,45,48-49H,19-23H2,1-6H3/t25-,26-,34+,35+,36+,37+,38+,39-,40-,41-,42-,43-/m1/s1. The first-order chi connectivity index (χ1) is 29.4. The Morgan fingerprint density at radius 2 is 1.64 bits per heavy atom. The molecule has 0 saturated carbocycles. The molecule has 1 aliphatic carbocycles. The summed E-state index contributed by atoms with van der Waals surface area (Å²) in [5.74, 6) is -0.111. The Labute approximate surface area is 360 Å². The Morgan fingerprint density at radius 3 is 2.28 bits per heavy atom. The number of aliphatic hydroxyl groups excluding tert-OH is 2. The summed E-state index contributed by atoms with van der Waals surface area (Å²) in [6.07, 6.45) is -5.91.